The molecule has 27 heavy (non-hydrogen) atoms. The summed E-state index contributed by atoms with van der Waals surface area (Å²) in [6.07, 6.45) is 2.02. The summed E-state index contributed by atoms with van der Waals surface area (Å²) in [7, 11) is 0. The fourth-order valence-electron chi connectivity index (χ4n) is 2.44. The number of carbonyl (C=O) groups excluding carboxylic acids is 3. The van der Waals surface area contributed by atoms with Gasteiger partial charge in [-0.3, -0.25) is 14.4 Å². The molecular formula is C20H22ClN3O3. The van der Waals surface area contributed by atoms with Crippen molar-refractivity contribution in [2.75, 3.05) is 6.54 Å². The van der Waals surface area contributed by atoms with E-state index in [0.29, 0.717) is 23.6 Å². The van der Waals surface area contributed by atoms with E-state index in [4.69, 9.17) is 17.3 Å². The Kier molecular flexibility index (Phi) is 7.82. The number of nitrogens with one attached hydrogen (secondary N) is 2. The second-order valence-electron chi connectivity index (χ2n) is 6.10. The van der Waals surface area contributed by atoms with Crippen LogP contribution in [0.25, 0.3) is 0 Å². The molecule has 4 N–H and O–H groups in total. The van der Waals surface area contributed by atoms with E-state index in [1.807, 2.05) is 24.3 Å². The first kappa shape index (κ1) is 20.5. The van der Waals surface area contributed by atoms with Crippen LogP contribution in [0.1, 0.15) is 34.3 Å². The Hall–Kier alpha value is -2.86. The van der Waals surface area contributed by atoms with Crippen LogP contribution in [0.5, 0.6) is 0 Å². The van der Waals surface area contributed by atoms with Crippen molar-refractivity contribution in [1.82, 2.24) is 10.6 Å². The molecule has 142 valence electrons. The summed E-state index contributed by atoms with van der Waals surface area (Å²) in [5, 5.41) is 5.98. The molecule has 0 unspecified atom stereocenters. The summed E-state index contributed by atoms with van der Waals surface area (Å²) in [6.45, 7) is 0.190. The third-order valence-electron chi connectivity index (χ3n) is 3.91. The van der Waals surface area contributed by atoms with Gasteiger partial charge in [-0.15, -0.1) is 0 Å². The molecule has 0 saturated heterocycles. The van der Waals surface area contributed by atoms with Gasteiger partial charge in [0, 0.05) is 23.6 Å². The number of hydrogen-bond donors (Lipinski definition) is 3. The fourth-order valence-corrected chi connectivity index (χ4v) is 2.56. The SMILES string of the molecule is NC(=O)CNC(=O)c1ccc(CNC(=O)CCCc2ccc(Cl)cc2)cc1. The molecule has 0 heterocycles. The summed E-state index contributed by atoms with van der Waals surface area (Å²) in [5.41, 5.74) is 7.44. The molecule has 0 aliphatic heterocycles. The van der Waals surface area contributed by atoms with Crippen LogP contribution >= 0.6 is 11.6 Å². The zero-order chi connectivity index (χ0) is 19.6. The van der Waals surface area contributed by atoms with Gasteiger partial charge in [-0.05, 0) is 48.2 Å². The molecule has 3 amide bonds. The zero-order valence-electron chi connectivity index (χ0n) is 14.8. The first-order valence-electron chi connectivity index (χ1n) is 8.60. The molecule has 2 aromatic rings. The van der Waals surface area contributed by atoms with Crippen LogP contribution in [-0.4, -0.2) is 24.3 Å². The van der Waals surface area contributed by atoms with E-state index >= 15 is 0 Å². The van der Waals surface area contributed by atoms with Crippen molar-refractivity contribution >= 4 is 29.3 Å². The van der Waals surface area contributed by atoms with Crippen LogP contribution in [0.15, 0.2) is 48.5 Å². The Morgan fingerprint density at radius 3 is 2.15 bits per heavy atom. The minimum absolute atomic E-state index is 0.0211. The van der Waals surface area contributed by atoms with Gasteiger partial charge < -0.3 is 16.4 Å². The molecule has 6 nitrogen and oxygen atoms in total. The highest BCUT2D eigenvalue weighted by Crippen LogP contribution is 2.11. The predicted molar refractivity (Wildman–Crippen MR) is 104 cm³/mol. The minimum atomic E-state index is -0.598. The van der Waals surface area contributed by atoms with Gasteiger partial charge in [-0.2, -0.15) is 0 Å². The average Bonchev–Trinajstić information content (AvgIpc) is 2.66. The molecule has 2 aromatic carbocycles. The van der Waals surface area contributed by atoms with E-state index in [-0.39, 0.29) is 18.4 Å². The summed E-state index contributed by atoms with van der Waals surface area (Å²) in [5.74, 6) is -0.988. The summed E-state index contributed by atoms with van der Waals surface area (Å²) < 4.78 is 0. The van der Waals surface area contributed by atoms with Crippen molar-refractivity contribution in [2.45, 2.75) is 25.8 Å². The van der Waals surface area contributed by atoms with Gasteiger partial charge in [0.05, 0.1) is 6.54 Å². The van der Waals surface area contributed by atoms with Gasteiger partial charge in [0.1, 0.15) is 0 Å². The maximum atomic E-state index is 11.9. The molecule has 0 fully saturated rings. The van der Waals surface area contributed by atoms with Gasteiger partial charge in [0.25, 0.3) is 5.91 Å². The number of benzene rings is 2. The van der Waals surface area contributed by atoms with Crippen LogP contribution in [0.2, 0.25) is 5.02 Å². The number of carbonyl (C=O) groups is 3. The number of amides is 3. The lowest BCUT2D eigenvalue weighted by atomic mass is 10.1. The van der Waals surface area contributed by atoms with Crippen LogP contribution in [0.3, 0.4) is 0 Å². The number of primary amides is 1. The maximum Gasteiger partial charge on any atom is 0.251 e. The Balaban J connectivity index is 1.70. The van der Waals surface area contributed by atoms with Crippen molar-refractivity contribution in [3.8, 4) is 0 Å². The second-order valence-corrected chi connectivity index (χ2v) is 6.54. The first-order chi connectivity index (χ1) is 12.9. The molecule has 2 rings (SSSR count). The highest BCUT2D eigenvalue weighted by Gasteiger charge is 2.07. The molecule has 0 atom stereocenters. The molecule has 0 bridgehead atoms. The van der Waals surface area contributed by atoms with Gasteiger partial charge in [-0.25, -0.2) is 0 Å². The van der Waals surface area contributed by atoms with E-state index in [9.17, 15) is 14.4 Å². The fraction of sp³-hybridized carbons (Fsp3) is 0.250. The van der Waals surface area contributed by atoms with Gasteiger partial charge in [-0.1, -0.05) is 35.9 Å². The van der Waals surface area contributed by atoms with E-state index in [1.54, 1.807) is 24.3 Å². The van der Waals surface area contributed by atoms with Gasteiger partial charge in [0.2, 0.25) is 11.8 Å². The third-order valence-corrected chi connectivity index (χ3v) is 4.16. The van der Waals surface area contributed by atoms with Crippen molar-refractivity contribution in [1.29, 1.82) is 0 Å². The molecule has 0 radical (unpaired) electrons. The van der Waals surface area contributed by atoms with Crippen LogP contribution in [-0.2, 0) is 22.6 Å². The van der Waals surface area contributed by atoms with Gasteiger partial charge in [0.15, 0.2) is 0 Å². The lowest BCUT2D eigenvalue weighted by Crippen LogP contribution is -2.33. The third kappa shape index (κ3) is 7.50. The van der Waals surface area contributed by atoms with Crippen LogP contribution < -0.4 is 16.4 Å². The number of hydrogen-bond acceptors (Lipinski definition) is 3. The molecule has 0 aliphatic rings. The normalized spacial score (nSPS) is 10.3. The highest BCUT2D eigenvalue weighted by molar-refractivity contribution is 6.30. The Labute approximate surface area is 163 Å². The second kappa shape index (κ2) is 10.3. The average molecular weight is 388 g/mol. The van der Waals surface area contributed by atoms with E-state index in [1.165, 1.54) is 0 Å². The molecule has 0 aliphatic carbocycles. The van der Waals surface area contributed by atoms with Crippen molar-refractivity contribution in [3.63, 3.8) is 0 Å². The van der Waals surface area contributed by atoms with E-state index in [0.717, 1.165) is 24.0 Å². The molecule has 0 spiro atoms. The van der Waals surface area contributed by atoms with Crippen LogP contribution in [0.4, 0.5) is 0 Å². The Morgan fingerprint density at radius 1 is 0.889 bits per heavy atom. The van der Waals surface area contributed by atoms with Crippen molar-refractivity contribution in [2.24, 2.45) is 5.73 Å². The van der Waals surface area contributed by atoms with Crippen molar-refractivity contribution in [3.05, 3.63) is 70.2 Å². The standard InChI is InChI=1S/C20H22ClN3O3/c21-17-10-6-14(7-11-17)2-1-3-19(26)23-12-15-4-8-16(9-5-15)20(27)24-13-18(22)25/h4-11H,1-3,12-13H2,(H2,22,25)(H,23,26)(H,24,27). The Morgan fingerprint density at radius 2 is 1.52 bits per heavy atom. The van der Waals surface area contributed by atoms with Crippen molar-refractivity contribution < 1.29 is 14.4 Å². The largest absolute Gasteiger partial charge is 0.368 e. The smallest absolute Gasteiger partial charge is 0.251 e. The zero-order valence-corrected chi connectivity index (χ0v) is 15.6. The van der Waals surface area contributed by atoms with Gasteiger partial charge >= 0.3 is 0 Å². The monoisotopic (exact) mass is 387 g/mol. The topological polar surface area (TPSA) is 101 Å². The quantitative estimate of drug-likeness (QED) is 0.614. The lowest BCUT2D eigenvalue weighted by molar-refractivity contribution is -0.121. The summed E-state index contributed by atoms with van der Waals surface area (Å²) >= 11 is 5.85. The minimum Gasteiger partial charge on any atom is -0.368 e. The predicted octanol–water partition coefficient (Wildman–Crippen LogP) is 2.19. The van der Waals surface area contributed by atoms with Crippen LogP contribution in [0, 0.1) is 0 Å². The summed E-state index contributed by atoms with van der Waals surface area (Å²) in [4.78, 5) is 34.4. The Bertz CT molecular complexity index is 789. The molecule has 0 aromatic heterocycles. The van der Waals surface area contributed by atoms with E-state index < -0.39 is 5.91 Å². The number of nitrogens with two attached hydrogens (primary N) is 1. The number of halogens is 1. The van der Waals surface area contributed by atoms with E-state index in [2.05, 4.69) is 10.6 Å². The number of rotatable bonds is 9. The number of aryl methyl sites for hydroxylation is 1. The maximum absolute atomic E-state index is 11.9. The molecular weight excluding hydrogens is 366 g/mol. The molecule has 7 heteroatoms. The highest BCUT2D eigenvalue weighted by atomic mass is 35.5. The molecule has 0 saturated carbocycles. The first-order valence-corrected chi connectivity index (χ1v) is 8.98. The lowest BCUT2D eigenvalue weighted by Gasteiger charge is -2.07. The summed E-state index contributed by atoms with van der Waals surface area (Å²) in [6, 6.07) is 14.4.